The standard InChI is InChI=1S/C12H14N6OS/c13-14-11(19)10-4-2-1-3-8(10)7-20-12-15-16-17-18(12)9-5-6-9/h1-4,9H,5-7,13H2,(H,14,19). The van der Waals surface area contributed by atoms with Crippen molar-refractivity contribution in [2.45, 2.75) is 29.8 Å². The Morgan fingerprint density at radius 2 is 2.25 bits per heavy atom. The van der Waals surface area contributed by atoms with E-state index < -0.39 is 0 Å². The predicted octanol–water partition coefficient (Wildman–Crippen LogP) is 0.904. The Labute approximate surface area is 119 Å². The van der Waals surface area contributed by atoms with Gasteiger partial charge in [0.25, 0.3) is 5.91 Å². The van der Waals surface area contributed by atoms with Crippen molar-refractivity contribution < 1.29 is 4.79 Å². The molecule has 20 heavy (non-hydrogen) atoms. The first-order valence-electron chi connectivity index (χ1n) is 6.29. The number of nitrogens with two attached hydrogens (primary N) is 1. The lowest BCUT2D eigenvalue weighted by molar-refractivity contribution is 0.0953. The number of benzene rings is 1. The van der Waals surface area contributed by atoms with Gasteiger partial charge in [-0.2, -0.15) is 0 Å². The molecular formula is C12H14N6OS. The lowest BCUT2D eigenvalue weighted by atomic mass is 10.1. The van der Waals surface area contributed by atoms with Gasteiger partial charge in [0.2, 0.25) is 5.16 Å². The molecule has 1 aromatic carbocycles. The summed E-state index contributed by atoms with van der Waals surface area (Å²) < 4.78 is 1.86. The van der Waals surface area contributed by atoms with Crippen LogP contribution in [0.5, 0.6) is 0 Å². The van der Waals surface area contributed by atoms with Gasteiger partial charge in [-0.15, -0.1) is 5.10 Å². The van der Waals surface area contributed by atoms with Gasteiger partial charge in [-0.25, -0.2) is 10.5 Å². The van der Waals surface area contributed by atoms with Crippen LogP contribution < -0.4 is 11.3 Å². The second-order valence-corrected chi connectivity index (χ2v) is 5.50. The minimum absolute atomic E-state index is 0.289. The molecule has 104 valence electrons. The normalized spacial score (nSPS) is 14.2. The van der Waals surface area contributed by atoms with Gasteiger partial charge >= 0.3 is 0 Å². The van der Waals surface area contributed by atoms with Gasteiger partial charge in [-0.3, -0.25) is 10.2 Å². The van der Waals surface area contributed by atoms with Crippen LogP contribution in [0.25, 0.3) is 0 Å². The summed E-state index contributed by atoms with van der Waals surface area (Å²) in [6.07, 6.45) is 2.26. The molecule has 0 spiro atoms. The average Bonchev–Trinajstić information content (AvgIpc) is 3.23. The van der Waals surface area contributed by atoms with Crippen LogP contribution in [0.4, 0.5) is 0 Å². The molecule has 1 aliphatic carbocycles. The van der Waals surface area contributed by atoms with Crippen LogP contribution in [0.15, 0.2) is 29.4 Å². The van der Waals surface area contributed by atoms with Gasteiger partial charge < -0.3 is 0 Å². The van der Waals surface area contributed by atoms with Crippen LogP contribution in [-0.4, -0.2) is 26.1 Å². The molecule has 0 atom stereocenters. The highest BCUT2D eigenvalue weighted by Crippen LogP contribution is 2.37. The fourth-order valence-corrected chi connectivity index (χ4v) is 2.86. The number of hydrogen-bond acceptors (Lipinski definition) is 6. The Morgan fingerprint density at radius 1 is 1.45 bits per heavy atom. The van der Waals surface area contributed by atoms with E-state index in [9.17, 15) is 4.79 Å². The van der Waals surface area contributed by atoms with Crippen molar-refractivity contribution in [1.82, 2.24) is 25.6 Å². The number of nitrogen functional groups attached to an aromatic ring is 1. The highest BCUT2D eigenvalue weighted by Gasteiger charge is 2.27. The zero-order valence-corrected chi connectivity index (χ0v) is 11.5. The lowest BCUT2D eigenvalue weighted by Gasteiger charge is -2.07. The molecule has 0 saturated heterocycles. The van der Waals surface area contributed by atoms with Crippen molar-refractivity contribution in [3.05, 3.63) is 35.4 Å². The van der Waals surface area contributed by atoms with Crippen LogP contribution in [0.2, 0.25) is 0 Å². The zero-order chi connectivity index (χ0) is 13.9. The molecule has 1 fully saturated rings. The molecule has 1 heterocycles. The topological polar surface area (TPSA) is 98.7 Å². The molecule has 1 saturated carbocycles. The van der Waals surface area contributed by atoms with Crippen LogP contribution in [-0.2, 0) is 5.75 Å². The maximum atomic E-state index is 11.7. The van der Waals surface area contributed by atoms with E-state index in [1.54, 1.807) is 6.07 Å². The summed E-state index contributed by atoms with van der Waals surface area (Å²) in [7, 11) is 0. The van der Waals surface area contributed by atoms with Gasteiger partial charge in [-0.05, 0) is 34.9 Å². The van der Waals surface area contributed by atoms with E-state index in [1.165, 1.54) is 11.8 Å². The van der Waals surface area contributed by atoms with Crippen LogP contribution in [0.3, 0.4) is 0 Å². The zero-order valence-electron chi connectivity index (χ0n) is 10.7. The first-order valence-corrected chi connectivity index (χ1v) is 7.27. The minimum Gasteiger partial charge on any atom is -0.290 e. The molecule has 0 radical (unpaired) electrons. The predicted molar refractivity (Wildman–Crippen MR) is 73.7 cm³/mol. The van der Waals surface area contributed by atoms with E-state index in [1.807, 2.05) is 22.9 Å². The maximum Gasteiger partial charge on any atom is 0.265 e. The number of nitrogens with zero attached hydrogens (tertiary/aromatic N) is 4. The monoisotopic (exact) mass is 290 g/mol. The number of thioether (sulfide) groups is 1. The second kappa shape index (κ2) is 5.59. The van der Waals surface area contributed by atoms with E-state index in [-0.39, 0.29) is 5.91 Å². The highest BCUT2D eigenvalue weighted by atomic mass is 32.2. The van der Waals surface area contributed by atoms with Crippen molar-refractivity contribution in [2.24, 2.45) is 5.84 Å². The van der Waals surface area contributed by atoms with Gasteiger partial charge in [-0.1, -0.05) is 30.0 Å². The largest absolute Gasteiger partial charge is 0.290 e. The molecule has 0 unspecified atom stereocenters. The minimum atomic E-state index is -0.289. The summed E-state index contributed by atoms with van der Waals surface area (Å²) in [4.78, 5) is 11.7. The average molecular weight is 290 g/mol. The molecule has 3 rings (SSSR count). The summed E-state index contributed by atoms with van der Waals surface area (Å²) in [5.41, 5.74) is 3.65. The fourth-order valence-electron chi connectivity index (χ4n) is 1.92. The molecule has 0 aliphatic heterocycles. The van der Waals surface area contributed by atoms with Gasteiger partial charge in [0.1, 0.15) is 0 Å². The second-order valence-electron chi connectivity index (χ2n) is 4.56. The van der Waals surface area contributed by atoms with Gasteiger partial charge in [0, 0.05) is 11.3 Å². The summed E-state index contributed by atoms with van der Waals surface area (Å²) >= 11 is 1.52. The number of carbonyl (C=O) groups is 1. The van der Waals surface area contributed by atoms with Crippen LogP contribution in [0.1, 0.15) is 34.8 Å². The Kier molecular flexibility index (Phi) is 3.66. The molecule has 3 N–H and O–H groups in total. The third-order valence-corrected chi connectivity index (χ3v) is 4.09. The number of amides is 1. The van der Waals surface area contributed by atoms with Gasteiger partial charge in [0.15, 0.2) is 0 Å². The molecular weight excluding hydrogens is 276 g/mol. The maximum absolute atomic E-state index is 11.7. The Balaban J connectivity index is 1.75. The van der Waals surface area contributed by atoms with Crippen molar-refractivity contribution in [3.63, 3.8) is 0 Å². The SMILES string of the molecule is NNC(=O)c1ccccc1CSc1nnnn1C1CC1. The third kappa shape index (κ3) is 2.66. The van der Waals surface area contributed by atoms with Gasteiger partial charge in [0.05, 0.1) is 6.04 Å². The summed E-state index contributed by atoms with van der Waals surface area (Å²) in [5.74, 6) is 5.53. The fraction of sp³-hybridized carbons (Fsp3) is 0.333. The quantitative estimate of drug-likeness (QED) is 0.367. The molecule has 1 aliphatic rings. The summed E-state index contributed by atoms with van der Waals surface area (Å²) in [6, 6.07) is 7.81. The van der Waals surface area contributed by atoms with E-state index in [0.29, 0.717) is 17.4 Å². The number of rotatable bonds is 5. The molecule has 1 amide bonds. The first-order chi connectivity index (χ1) is 9.79. The van der Waals surface area contributed by atoms with Crippen molar-refractivity contribution in [3.8, 4) is 0 Å². The molecule has 0 bridgehead atoms. The number of hydrazine groups is 1. The van der Waals surface area contributed by atoms with Crippen molar-refractivity contribution in [1.29, 1.82) is 0 Å². The number of carbonyl (C=O) groups excluding carboxylic acids is 1. The van der Waals surface area contributed by atoms with E-state index in [2.05, 4.69) is 21.0 Å². The van der Waals surface area contributed by atoms with Crippen molar-refractivity contribution >= 4 is 17.7 Å². The first kappa shape index (κ1) is 13.1. The highest BCUT2D eigenvalue weighted by molar-refractivity contribution is 7.98. The number of aromatic nitrogens is 4. The van der Waals surface area contributed by atoms with Crippen molar-refractivity contribution in [2.75, 3.05) is 0 Å². The van der Waals surface area contributed by atoms with Crippen LogP contribution >= 0.6 is 11.8 Å². The number of hydrogen-bond donors (Lipinski definition) is 2. The molecule has 8 heteroatoms. The molecule has 1 aromatic heterocycles. The smallest absolute Gasteiger partial charge is 0.265 e. The summed E-state index contributed by atoms with van der Waals surface area (Å²) in [6.45, 7) is 0. The Bertz CT molecular complexity index is 624. The molecule has 2 aromatic rings. The number of tetrazole rings is 1. The Hall–Kier alpha value is -1.93. The summed E-state index contributed by atoms with van der Waals surface area (Å²) in [5, 5.41) is 12.5. The Morgan fingerprint density at radius 3 is 3.00 bits per heavy atom. The third-order valence-electron chi connectivity index (χ3n) is 3.11. The lowest BCUT2D eigenvalue weighted by Crippen LogP contribution is -2.30. The van der Waals surface area contributed by atoms with Crippen LogP contribution in [0, 0.1) is 0 Å². The van der Waals surface area contributed by atoms with E-state index >= 15 is 0 Å². The molecule has 7 nitrogen and oxygen atoms in total. The van der Waals surface area contributed by atoms with E-state index in [4.69, 9.17) is 5.84 Å². The number of nitrogens with one attached hydrogen (secondary N) is 1. The van der Waals surface area contributed by atoms with E-state index in [0.717, 1.165) is 23.6 Å².